The van der Waals surface area contributed by atoms with Crippen LogP contribution in [-0.4, -0.2) is 50.1 Å². The Hall–Kier alpha value is -2.08. The van der Waals surface area contributed by atoms with E-state index in [2.05, 4.69) is 4.98 Å². The molecule has 3 rings (SSSR count). The normalized spacial score (nSPS) is 18.1. The number of aromatic nitrogens is 1. The summed E-state index contributed by atoms with van der Waals surface area (Å²) in [5, 5.41) is 0. The van der Waals surface area contributed by atoms with Crippen LogP contribution < -0.4 is 10.2 Å². The van der Waals surface area contributed by atoms with Gasteiger partial charge in [0.1, 0.15) is 10.7 Å². The molecule has 0 radical (unpaired) electrons. The fourth-order valence-corrected chi connectivity index (χ4v) is 3.57. The fourth-order valence-electron chi connectivity index (χ4n) is 2.69. The monoisotopic (exact) mass is 440 g/mol. The number of hydrogen-bond acceptors (Lipinski definition) is 6. The molecule has 0 amide bonds. The number of nitrogens with zero attached hydrogens (tertiary/aromatic N) is 2. The molecule has 162 valence electrons. The minimum atomic E-state index is -3.81. The van der Waals surface area contributed by atoms with Crippen LogP contribution in [0.5, 0.6) is 11.6 Å². The van der Waals surface area contributed by atoms with E-state index in [9.17, 15) is 17.2 Å². The Morgan fingerprint density at radius 1 is 1.07 bits per heavy atom. The highest BCUT2D eigenvalue weighted by molar-refractivity contribution is 7.89. The molecular formula is C19H23BF2N2O5S. The van der Waals surface area contributed by atoms with Gasteiger partial charge in [0.25, 0.3) is 0 Å². The molecule has 1 aromatic carbocycles. The number of benzene rings is 1. The predicted molar refractivity (Wildman–Crippen MR) is 107 cm³/mol. The minimum absolute atomic E-state index is 0.107. The smallest absolute Gasteiger partial charge is 0.436 e. The molecule has 0 aliphatic carbocycles. The Labute approximate surface area is 175 Å². The van der Waals surface area contributed by atoms with Crippen LogP contribution in [0, 0.1) is 11.6 Å². The van der Waals surface area contributed by atoms with Crippen LogP contribution in [-0.2, 0) is 19.3 Å². The molecular weight excluding hydrogens is 417 g/mol. The van der Waals surface area contributed by atoms with Crippen molar-refractivity contribution in [3.8, 4) is 11.6 Å². The third-order valence-corrected chi connectivity index (χ3v) is 7.02. The van der Waals surface area contributed by atoms with Crippen molar-refractivity contribution in [1.82, 2.24) is 9.29 Å². The highest BCUT2D eigenvalue weighted by Crippen LogP contribution is 2.37. The van der Waals surface area contributed by atoms with E-state index < -0.39 is 40.0 Å². The third kappa shape index (κ3) is 4.07. The Kier molecular flexibility index (Phi) is 5.70. The van der Waals surface area contributed by atoms with Crippen LogP contribution >= 0.6 is 0 Å². The van der Waals surface area contributed by atoms with Crippen LogP contribution in [0.2, 0.25) is 0 Å². The van der Waals surface area contributed by atoms with Crippen molar-refractivity contribution >= 4 is 22.6 Å². The third-order valence-electron chi connectivity index (χ3n) is 5.24. The average molecular weight is 440 g/mol. The van der Waals surface area contributed by atoms with Gasteiger partial charge in [-0.05, 0) is 45.9 Å². The molecule has 1 aliphatic heterocycles. The Morgan fingerprint density at radius 2 is 1.67 bits per heavy atom. The topological polar surface area (TPSA) is 78.0 Å². The van der Waals surface area contributed by atoms with Gasteiger partial charge in [-0.2, -0.15) is 0 Å². The molecule has 2 aromatic rings. The first-order chi connectivity index (χ1) is 13.7. The van der Waals surface area contributed by atoms with Crippen molar-refractivity contribution in [3.05, 3.63) is 42.1 Å². The zero-order valence-electron chi connectivity index (χ0n) is 17.6. The standard InChI is InChI=1S/C19H23BF2N2O5S/c1-18(2)19(3,4)29-20(28-18)14-10-13(30(25,26)24(5)6)11-23-17(14)27-16-8-7-12(21)9-15(16)22/h7-11H,1-6H3. The van der Waals surface area contributed by atoms with E-state index >= 15 is 0 Å². The summed E-state index contributed by atoms with van der Waals surface area (Å²) in [6, 6.07) is 4.15. The molecule has 1 aromatic heterocycles. The minimum Gasteiger partial charge on any atom is -0.436 e. The lowest BCUT2D eigenvalue weighted by atomic mass is 9.79. The van der Waals surface area contributed by atoms with Gasteiger partial charge in [0, 0.05) is 25.6 Å². The molecule has 1 saturated heterocycles. The number of sulfonamides is 1. The lowest BCUT2D eigenvalue weighted by molar-refractivity contribution is 0.00578. The van der Waals surface area contributed by atoms with Gasteiger partial charge in [-0.25, -0.2) is 26.5 Å². The molecule has 0 unspecified atom stereocenters. The van der Waals surface area contributed by atoms with Gasteiger partial charge in [0.2, 0.25) is 15.9 Å². The van der Waals surface area contributed by atoms with E-state index in [1.807, 2.05) is 27.7 Å². The van der Waals surface area contributed by atoms with Gasteiger partial charge < -0.3 is 14.0 Å². The molecule has 1 fully saturated rings. The van der Waals surface area contributed by atoms with E-state index in [0.717, 1.165) is 22.6 Å². The largest absolute Gasteiger partial charge is 0.500 e. The first kappa shape index (κ1) is 22.6. The van der Waals surface area contributed by atoms with Gasteiger partial charge in [-0.15, -0.1) is 0 Å². The van der Waals surface area contributed by atoms with Gasteiger partial charge >= 0.3 is 7.12 Å². The number of ether oxygens (including phenoxy) is 1. The predicted octanol–water partition coefficient (Wildman–Crippen LogP) is 2.70. The van der Waals surface area contributed by atoms with Crippen LogP contribution in [0.1, 0.15) is 27.7 Å². The van der Waals surface area contributed by atoms with Crippen molar-refractivity contribution < 1.29 is 31.2 Å². The zero-order chi connectivity index (χ0) is 22.5. The van der Waals surface area contributed by atoms with E-state index in [1.54, 1.807) is 0 Å². The number of hydrogen-bond donors (Lipinski definition) is 0. The second-order valence-corrected chi connectivity index (χ2v) is 10.3. The highest BCUT2D eigenvalue weighted by Gasteiger charge is 2.53. The Morgan fingerprint density at radius 3 is 2.20 bits per heavy atom. The molecule has 0 bridgehead atoms. The summed E-state index contributed by atoms with van der Waals surface area (Å²) in [4.78, 5) is 3.97. The van der Waals surface area contributed by atoms with Crippen molar-refractivity contribution in [3.63, 3.8) is 0 Å². The molecule has 1 aliphatic rings. The van der Waals surface area contributed by atoms with E-state index in [4.69, 9.17) is 14.0 Å². The van der Waals surface area contributed by atoms with Gasteiger partial charge in [-0.1, -0.05) is 0 Å². The summed E-state index contributed by atoms with van der Waals surface area (Å²) < 4.78 is 71.1. The van der Waals surface area contributed by atoms with Gasteiger partial charge in [0.05, 0.1) is 17.4 Å². The Bertz CT molecular complexity index is 1060. The summed E-state index contributed by atoms with van der Waals surface area (Å²) in [5.74, 6) is -2.07. The van der Waals surface area contributed by atoms with E-state index in [0.29, 0.717) is 6.07 Å². The van der Waals surface area contributed by atoms with Crippen molar-refractivity contribution in [2.24, 2.45) is 0 Å². The molecule has 0 saturated carbocycles. The molecule has 0 N–H and O–H groups in total. The van der Waals surface area contributed by atoms with Gasteiger partial charge in [-0.3, -0.25) is 0 Å². The van der Waals surface area contributed by atoms with Crippen molar-refractivity contribution in [2.45, 2.75) is 43.8 Å². The summed E-state index contributed by atoms with van der Waals surface area (Å²) in [6.07, 6.45) is 1.10. The zero-order valence-corrected chi connectivity index (χ0v) is 18.4. The maximum Gasteiger partial charge on any atom is 0.500 e. The second kappa shape index (κ2) is 7.56. The molecule has 2 heterocycles. The van der Waals surface area contributed by atoms with Crippen LogP contribution in [0.4, 0.5) is 8.78 Å². The maximum atomic E-state index is 14.1. The molecule has 11 heteroatoms. The summed E-state index contributed by atoms with van der Waals surface area (Å²) >= 11 is 0. The number of halogens is 2. The van der Waals surface area contributed by atoms with Crippen molar-refractivity contribution in [1.29, 1.82) is 0 Å². The van der Waals surface area contributed by atoms with Crippen molar-refractivity contribution in [2.75, 3.05) is 14.1 Å². The quantitative estimate of drug-likeness (QED) is 0.666. The second-order valence-electron chi connectivity index (χ2n) is 8.12. The van der Waals surface area contributed by atoms with Crippen LogP contribution in [0.25, 0.3) is 0 Å². The highest BCUT2D eigenvalue weighted by atomic mass is 32.2. The number of pyridine rings is 1. The molecule has 0 atom stereocenters. The molecule has 30 heavy (non-hydrogen) atoms. The molecule has 0 spiro atoms. The Balaban J connectivity index is 2.10. The van der Waals surface area contributed by atoms with E-state index in [-0.39, 0.29) is 22.0 Å². The van der Waals surface area contributed by atoms with Gasteiger partial charge in [0.15, 0.2) is 11.6 Å². The summed E-state index contributed by atoms with van der Waals surface area (Å²) in [7, 11) is -2.04. The van der Waals surface area contributed by atoms with Crippen LogP contribution in [0.15, 0.2) is 35.4 Å². The van der Waals surface area contributed by atoms with Crippen LogP contribution in [0.3, 0.4) is 0 Å². The maximum absolute atomic E-state index is 14.1. The first-order valence-corrected chi connectivity index (χ1v) is 10.6. The molecule has 7 nitrogen and oxygen atoms in total. The number of rotatable bonds is 5. The summed E-state index contributed by atoms with van der Waals surface area (Å²) in [6.45, 7) is 7.34. The van der Waals surface area contributed by atoms with E-state index in [1.165, 1.54) is 20.2 Å². The lowest BCUT2D eigenvalue weighted by Crippen LogP contribution is -2.41. The SMILES string of the molecule is CN(C)S(=O)(=O)c1cnc(Oc2ccc(F)cc2F)c(B2OC(C)(C)C(C)(C)O2)c1. The lowest BCUT2D eigenvalue weighted by Gasteiger charge is -2.32. The first-order valence-electron chi connectivity index (χ1n) is 9.15. The summed E-state index contributed by atoms with van der Waals surface area (Å²) in [5.41, 5.74) is -1.26. The fraction of sp³-hybridized carbons (Fsp3) is 0.421. The average Bonchev–Trinajstić information content (AvgIpc) is 2.84.